The predicted molar refractivity (Wildman–Crippen MR) is 87.9 cm³/mol. The van der Waals surface area contributed by atoms with Crippen molar-refractivity contribution in [3.63, 3.8) is 0 Å². The smallest absolute Gasteiger partial charge is 0.278 e. The summed E-state index contributed by atoms with van der Waals surface area (Å²) < 4.78 is 12.8. The highest BCUT2D eigenvalue weighted by atomic mass is 16.7. The summed E-state index contributed by atoms with van der Waals surface area (Å²) in [5.74, 6) is 1.18. The van der Waals surface area contributed by atoms with E-state index in [1.54, 1.807) is 6.07 Å². The Hall–Kier alpha value is -2.68. The van der Waals surface area contributed by atoms with Crippen LogP contribution in [0, 0.1) is 0 Å². The van der Waals surface area contributed by atoms with Crippen molar-refractivity contribution >= 4 is 10.8 Å². The van der Waals surface area contributed by atoms with Gasteiger partial charge in [0.2, 0.25) is 0 Å². The largest absolute Gasteiger partial charge is 0.508 e. The molecule has 0 unspecified atom stereocenters. The first-order valence-electron chi connectivity index (χ1n) is 7.98. The summed E-state index contributed by atoms with van der Waals surface area (Å²) in [6.45, 7) is 0. The zero-order valence-electron chi connectivity index (χ0n) is 12.6. The summed E-state index contributed by atoms with van der Waals surface area (Å²) in [7, 11) is 0. The standard InChI is InChI=1S/C20H16O3/c21-16-9-3-8-15-14(16)7-4-12-20(15)22-17-10-1-5-13-6-2-11-18(23-20)19(13)17/h1-3,5-6,8-11,21H,4,7,12H2. The molecule has 5 rings (SSSR count). The molecule has 3 aromatic rings. The van der Waals surface area contributed by atoms with Crippen LogP contribution < -0.4 is 9.47 Å². The first-order valence-corrected chi connectivity index (χ1v) is 7.98. The molecular weight excluding hydrogens is 288 g/mol. The third-order valence-corrected chi connectivity index (χ3v) is 4.87. The molecular formula is C20H16O3. The first-order chi connectivity index (χ1) is 11.3. The van der Waals surface area contributed by atoms with Gasteiger partial charge in [0, 0.05) is 17.5 Å². The monoisotopic (exact) mass is 304 g/mol. The van der Waals surface area contributed by atoms with E-state index in [1.165, 1.54) is 0 Å². The van der Waals surface area contributed by atoms with Gasteiger partial charge in [-0.15, -0.1) is 0 Å². The summed E-state index contributed by atoms with van der Waals surface area (Å²) in [6, 6.07) is 17.7. The van der Waals surface area contributed by atoms with Crippen molar-refractivity contribution in [2.75, 3.05) is 0 Å². The highest BCUT2D eigenvalue weighted by Crippen LogP contribution is 2.49. The van der Waals surface area contributed by atoms with Crippen molar-refractivity contribution in [1.82, 2.24) is 0 Å². The van der Waals surface area contributed by atoms with Gasteiger partial charge in [-0.25, -0.2) is 0 Å². The van der Waals surface area contributed by atoms with Crippen LogP contribution in [0.2, 0.25) is 0 Å². The third kappa shape index (κ3) is 1.70. The van der Waals surface area contributed by atoms with Crippen molar-refractivity contribution < 1.29 is 14.6 Å². The number of rotatable bonds is 0. The minimum atomic E-state index is -0.838. The average Bonchev–Trinajstić information content (AvgIpc) is 2.57. The van der Waals surface area contributed by atoms with Crippen molar-refractivity contribution in [2.24, 2.45) is 0 Å². The SMILES string of the molecule is Oc1cccc2c1CCCC21Oc2cccc3cccc(c23)O1. The van der Waals surface area contributed by atoms with Gasteiger partial charge >= 0.3 is 0 Å². The summed E-state index contributed by atoms with van der Waals surface area (Å²) in [5.41, 5.74) is 1.88. The van der Waals surface area contributed by atoms with Crippen molar-refractivity contribution in [3.8, 4) is 17.2 Å². The van der Waals surface area contributed by atoms with Crippen LogP contribution in [0.25, 0.3) is 10.8 Å². The number of benzene rings is 3. The molecule has 1 aliphatic heterocycles. The Balaban J connectivity index is 1.75. The van der Waals surface area contributed by atoms with Crippen LogP contribution in [0.5, 0.6) is 17.2 Å². The van der Waals surface area contributed by atoms with Crippen LogP contribution in [0.3, 0.4) is 0 Å². The molecule has 3 aromatic carbocycles. The Bertz CT molecular complexity index is 889. The number of fused-ring (bicyclic) bond motifs is 2. The number of ether oxygens (including phenoxy) is 2. The van der Waals surface area contributed by atoms with Gasteiger partial charge in [0.1, 0.15) is 17.2 Å². The van der Waals surface area contributed by atoms with E-state index in [-0.39, 0.29) is 0 Å². The molecule has 1 aliphatic carbocycles. The Morgan fingerprint density at radius 1 is 0.870 bits per heavy atom. The number of hydrogen-bond acceptors (Lipinski definition) is 3. The molecule has 0 saturated heterocycles. The topological polar surface area (TPSA) is 38.7 Å². The van der Waals surface area contributed by atoms with Gasteiger partial charge in [0.25, 0.3) is 5.79 Å². The highest BCUT2D eigenvalue weighted by molar-refractivity contribution is 5.94. The zero-order chi connectivity index (χ0) is 15.4. The van der Waals surface area contributed by atoms with E-state index in [2.05, 4.69) is 12.1 Å². The van der Waals surface area contributed by atoms with Crippen LogP contribution >= 0.6 is 0 Å². The van der Waals surface area contributed by atoms with Crippen LogP contribution in [-0.4, -0.2) is 5.11 Å². The molecule has 3 heteroatoms. The van der Waals surface area contributed by atoms with Crippen LogP contribution in [-0.2, 0) is 12.2 Å². The van der Waals surface area contributed by atoms with E-state index in [4.69, 9.17) is 9.47 Å². The van der Waals surface area contributed by atoms with Gasteiger partial charge in [0.05, 0.1) is 5.39 Å². The molecule has 1 heterocycles. The molecule has 0 saturated carbocycles. The number of aromatic hydroxyl groups is 1. The molecule has 2 aliphatic rings. The maximum absolute atomic E-state index is 10.2. The van der Waals surface area contributed by atoms with Gasteiger partial charge < -0.3 is 14.6 Å². The molecule has 0 bridgehead atoms. The fourth-order valence-electron chi connectivity index (χ4n) is 3.86. The molecule has 0 aromatic heterocycles. The fourth-order valence-corrected chi connectivity index (χ4v) is 3.86. The molecule has 0 radical (unpaired) electrons. The maximum atomic E-state index is 10.2. The lowest BCUT2D eigenvalue weighted by Crippen LogP contribution is -2.44. The number of phenolic OH excluding ortho intramolecular Hbond substituents is 1. The van der Waals surface area contributed by atoms with E-state index < -0.39 is 5.79 Å². The summed E-state index contributed by atoms with van der Waals surface area (Å²) in [5, 5.41) is 12.3. The lowest BCUT2D eigenvalue weighted by Gasteiger charge is -2.42. The summed E-state index contributed by atoms with van der Waals surface area (Å²) in [4.78, 5) is 0. The molecule has 1 N–H and O–H groups in total. The normalized spacial score (nSPS) is 17.4. The molecule has 1 spiro atoms. The van der Waals surface area contributed by atoms with E-state index in [0.29, 0.717) is 5.75 Å². The van der Waals surface area contributed by atoms with Crippen molar-refractivity contribution in [2.45, 2.75) is 25.0 Å². The lowest BCUT2D eigenvalue weighted by atomic mass is 9.85. The van der Waals surface area contributed by atoms with Crippen molar-refractivity contribution in [1.29, 1.82) is 0 Å². The molecule has 0 fully saturated rings. The second-order valence-corrected chi connectivity index (χ2v) is 6.22. The van der Waals surface area contributed by atoms with E-state index >= 15 is 0 Å². The zero-order valence-corrected chi connectivity index (χ0v) is 12.6. The van der Waals surface area contributed by atoms with E-state index in [0.717, 1.165) is 52.7 Å². The number of hydrogen-bond donors (Lipinski definition) is 1. The second-order valence-electron chi connectivity index (χ2n) is 6.22. The molecule has 3 nitrogen and oxygen atoms in total. The minimum absolute atomic E-state index is 0.325. The second kappa shape index (κ2) is 4.42. The lowest BCUT2D eigenvalue weighted by molar-refractivity contribution is -0.138. The van der Waals surface area contributed by atoms with Gasteiger partial charge in [-0.1, -0.05) is 36.4 Å². The van der Waals surface area contributed by atoms with Gasteiger partial charge in [-0.3, -0.25) is 0 Å². The van der Waals surface area contributed by atoms with Crippen LogP contribution in [0.15, 0.2) is 54.6 Å². The molecule has 0 atom stereocenters. The summed E-state index contributed by atoms with van der Waals surface area (Å²) >= 11 is 0. The van der Waals surface area contributed by atoms with Gasteiger partial charge in [-0.05, 0) is 36.4 Å². The molecule has 23 heavy (non-hydrogen) atoms. The van der Waals surface area contributed by atoms with Crippen molar-refractivity contribution in [3.05, 3.63) is 65.7 Å². The Kier molecular flexibility index (Phi) is 2.46. The predicted octanol–water partition coefficient (Wildman–Crippen LogP) is 4.51. The Morgan fingerprint density at radius 2 is 1.57 bits per heavy atom. The van der Waals surface area contributed by atoms with E-state index in [1.807, 2.05) is 36.4 Å². The molecule has 114 valence electrons. The third-order valence-electron chi connectivity index (χ3n) is 4.87. The van der Waals surface area contributed by atoms with Gasteiger partial charge in [0.15, 0.2) is 0 Å². The average molecular weight is 304 g/mol. The number of phenols is 1. The van der Waals surface area contributed by atoms with Crippen LogP contribution in [0.1, 0.15) is 24.0 Å². The van der Waals surface area contributed by atoms with Crippen LogP contribution in [0.4, 0.5) is 0 Å². The maximum Gasteiger partial charge on any atom is 0.278 e. The highest BCUT2D eigenvalue weighted by Gasteiger charge is 2.45. The van der Waals surface area contributed by atoms with E-state index in [9.17, 15) is 5.11 Å². The quantitative estimate of drug-likeness (QED) is 0.664. The fraction of sp³-hybridized carbons (Fsp3) is 0.200. The Labute approximate surface area is 134 Å². The first kappa shape index (κ1) is 12.8. The summed E-state index contributed by atoms with van der Waals surface area (Å²) in [6.07, 6.45) is 2.54. The molecule has 0 amide bonds. The Morgan fingerprint density at radius 3 is 2.30 bits per heavy atom. The minimum Gasteiger partial charge on any atom is -0.508 e. The van der Waals surface area contributed by atoms with Gasteiger partial charge in [-0.2, -0.15) is 0 Å².